The maximum Gasteiger partial charge on any atom is 0.238 e. The third kappa shape index (κ3) is 5.96. The molecule has 2 fully saturated rings. The summed E-state index contributed by atoms with van der Waals surface area (Å²) in [5.41, 5.74) is 2.09. The van der Waals surface area contributed by atoms with Crippen LogP contribution >= 0.6 is 0 Å². The maximum atomic E-state index is 12.5. The molecule has 2 amide bonds. The highest BCUT2D eigenvalue weighted by atomic mass is 16.2. The van der Waals surface area contributed by atoms with Crippen LogP contribution in [0.1, 0.15) is 39.5 Å². The second-order valence-electron chi connectivity index (χ2n) is 8.43. The molecule has 2 N–H and O–H groups in total. The van der Waals surface area contributed by atoms with Crippen molar-refractivity contribution in [2.24, 2.45) is 11.8 Å². The molecule has 1 atom stereocenters. The van der Waals surface area contributed by atoms with Crippen LogP contribution < -0.4 is 15.5 Å². The second-order valence-corrected chi connectivity index (χ2v) is 8.43. The van der Waals surface area contributed by atoms with E-state index in [2.05, 4.69) is 32.6 Å². The molecule has 28 heavy (non-hydrogen) atoms. The van der Waals surface area contributed by atoms with Crippen molar-refractivity contribution in [2.45, 2.75) is 39.5 Å². The molecule has 1 unspecified atom stereocenters. The summed E-state index contributed by atoms with van der Waals surface area (Å²) in [5.74, 6) is 0.569. The summed E-state index contributed by atoms with van der Waals surface area (Å²) in [6.07, 6.45) is 4.70. The maximum absolute atomic E-state index is 12.5. The number of amides is 2. The minimum Gasteiger partial charge on any atom is -0.372 e. The quantitative estimate of drug-likeness (QED) is 0.756. The van der Waals surface area contributed by atoms with Crippen molar-refractivity contribution in [3.8, 4) is 0 Å². The number of nitrogens with zero attached hydrogens (tertiary/aromatic N) is 2. The van der Waals surface area contributed by atoms with Crippen LogP contribution in [-0.4, -0.2) is 56.0 Å². The highest BCUT2D eigenvalue weighted by Gasteiger charge is 2.22. The number of piperidine rings is 1. The van der Waals surface area contributed by atoms with Gasteiger partial charge in [0.05, 0.1) is 6.54 Å². The van der Waals surface area contributed by atoms with Crippen LogP contribution in [0.3, 0.4) is 0 Å². The molecule has 0 aliphatic carbocycles. The second kappa shape index (κ2) is 9.92. The van der Waals surface area contributed by atoms with E-state index < -0.39 is 0 Å². The van der Waals surface area contributed by atoms with Gasteiger partial charge in [0.1, 0.15) is 0 Å². The number of anilines is 2. The first kappa shape index (κ1) is 20.6. The van der Waals surface area contributed by atoms with Crippen LogP contribution in [0.15, 0.2) is 24.3 Å². The summed E-state index contributed by atoms with van der Waals surface area (Å²) in [6.45, 7) is 8.97. The molecule has 1 aromatic carbocycles. The van der Waals surface area contributed by atoms with Crippen molar-refractivity contribution in [1.29, 1.82) is 0 Å². The van der Waals surface area contributed by atoms with Crippen LogP contribution in [0.5, 0.6) is 0 Å². The number of likely N-dealkylation sites (tertiary alicyclic amines) is 1. The summed E-state index contributed by atoms with van der Waals surface area (Å²) in [6, 6.07) is 8.17. The van der Waals surface area contributed by atoms with Crippen molar-refractivity contribution in [3.63, 3.8) is 0 Å². The van der Waals surface area contributed by atoms with Crippen LogP contribution in [0.4, 0.5) is 11.4 Å². The fourth-order valence-electron chi connectivity index (χ4n) is 4.05. The lowest BCUT2D eigenvalue weighted by molar-refractivity contribution is -0.124. The molecule has 2 aliphatic heterocycles. The number of carbonyl (C=O) groups is 2. The lowest BCUT2D eigenvalue weighted by Gasteiger charge is -2.32. The monoisotopic (exact) mass is 386 g/mol. The van der Waals surface area contributed by atoms with E-state index in [0.717, 1.165) is 44.7 Å². The van der Waals surface area contributed by atoms with Crippen molar-refractivity contribution in [2.75, 3.05) is 49.5 Å². The van der Waals surface area contributed by atoms with Gasteiger partial charge in [-0.1, -0.05) is 13.8 Å². The van der Waals surface area contributed by atoms with Gasteiger partial charge in [-0.3, -0.25) is 14.5 Å². The average molecular weight is 387 g/mol. The molecule has 0 saturated carbocycles. The Morgan fingerprint density at radius 2 is 1.79 bits per heavy atom. The summed E-state index contributed by atoms with van der Waals surface area (Å²) in [5, 5.41) is 6.04. The first-order valence-corrected chi connectivity index (χ1v) is 10.7. The smallest absolute Gasteiger partial charge is 0.238 e. The normalized spacial score (nSPS) is 20.4. The average Bonchev–Trinajstić information content (AvgIpc) is 3.21. The summed E-state index contributed by atoms with van der Waals surface area (Å²) < 4.78 is 0. The fourth-order valence-corrected chi connectivity index (χ4v) is 4.05. The Balaban J connectivity index is 1.43. The zero-order chi connectivity index (χ0) is 19.9. The topological polar surface area (TPSA) is 64.7 Å². The minimum absolute atomic E-state index is 0.0160. The predicted molar refractivity (Wildman–Crippen MR) is 114 cm³/mol. The lowest BCUT2D eigenvalue weighted by Crippen LogP contribution is -2.44. The van der Waals surface area contributed by atoms with Crippen LogP contribution in [0.2, 0.25) is 0 Å². The minimum atomic E-state index is 0.0160. The molecule has 6 heteroatoms. The summed E-state index contributed by atoms with van der Waals surface area (Å²) >= 11 is 0. The Bertz CT molecular complexity index is 653. The van der Waals surface area contributed by atoms with E-state index in [1.807, 2.05) is 26.0 Å². The molecule has 154 valence electrons. The highest BCUT2D eigenvalue weighted by Crippen LogP contribution is 2.22. The highest BCUT2D eigenvalue weighted by molar-refractivity contribution is 5.92. The zero-order valence-corrected chi connectivity index (χ0v) is 17.2. The molecular weight excluding hydrogens is 352 g/mol. The van der Waals surface area contributed by atoms with Gasteiger partial charge in [-0.25, -0.2) is 0 Å². The Morgan fingerprint density at radius 1 is 1.07 bits per heavy atom. The van der Waals surface area contributed by atoms with E-state index >= 15 is 0 Å². The van der Waals surface area contributed by atoms with E-state index in [1.54, 1.807) is 0 Å². The van der Waals surface area contributed by atoms with Crippen molar-refractivity contribution < 1.29 is 9.59 Å². The molecule has 2 heterocycles. The van der Waals surface area contributed by atoms with Crippen molar-refractivity contribution in [3.05, 3.63) is 24.3 Å². The molecule has 6 nitrogen and oxygen atoms in total. The standard InChI is InChI=1S/C22H34N4O2/c1-17(2)22(28)23-14-18-6-5-11-25(15-18)16-21(27)24-19-7-9-20(10-8-19)26-12-3-4-13-26/h7-10,17-18H,3-6,11-16H2,1-2H3,(H,23,28)(H,24,27). The third-order valence-corrected chi connectivity index (χ3v) is 5.68. The number of hydrogen-bond donors (Lipinski definition) is 2. The van der Waals surface area contributed by atoms with Gasteiger partial charge in [0, 0.05) is 43.5 Å². The first-order valence-electron chi connectivity index (χ1n) is 10.7. The lowest BCUT2D eigenvalue weighted by atomic mass is 9.97. The SMILES string of the molecule is CC(C)C(=O)NCC1CCCN(CC(=O)Nc2ccc(N3CCCC3)cc2)C1. The van der Waals surface area contributed by atoms with Crippen LogP contribution in [0.25, 0.3) is 0 Å². The summed E-state index contributed by atoms with van der Waals surface area (Å²) in [7, 11) is 0. The van der Waals surface area contributed by atoms with Gasteiger partial charge >= 0.3 is 0 Å². The number of rotatable bonds is 7. The molecule has 1 aromatic rings. The molecule has 0 radical (unpaired) electrons. The van der Waals surface area contributed by atoms with E-state index in [-0.39, 0.29) is 17.7 Å². The molecule has 0 aromatic heterocycles. The zero-order valence-electron chi connectivity index (χ0n) is 17.2. The van der Waals surface area contributed by atoms with E-state index in [1.165, 1.54) is 18.5 Å². The molecule has 3 rings (SSSR count). The number of benzene rings is 1. The Kier molecular flexibility index (Phi) is 7.31. The van der Waals surface area contributed by atoms with Crippen molar-refractivity contribution in [1.82, 2.24) is 10.2 Å². The molecule has 0 spiro atoms. The van der Waals surface area contributed by atoms with Crippen molar-refractivity contribution >= 4 is 23.2 Å². The van der Waals surface area contributed by atoms with Gasteiger partial charge in [-0.15, -0.1) is 0 Å². The van der Waals surface area contributed by atoms with Gasteiger partial charge < -0.3 is 15.5 Å². The van der Waals surface area contributed by atoms with Crippen LogP contribution in [-0.2, 0) is 9.59 Å². The summed E-state index contributed by atoms with van der Waals surface area (Å²) in [4.78, 5) is 28.8. The van der Waals surface area contributed by atoms with Gasteiger partial charge in [-0.05, 0) is 62.4 Å². The number of nitrogens with one attached hydrogen (secondary N) is 2. The van der Waals surface area contributed by atoms with Gasteiger partial charge in [-0.2, -0.15) is 0 Å². The van der Waals surface area contributed by atoms with Gasteiger partial charge in [0.25, 0.3) is 0 Å². The molecule has 0 bridgehead atoms. The predicted octanol–water partition coefficient (Wildman–Crippen LogP) is 2.71. The van der Waals surface area contributed by atoms with Crippen LogP contribution in [0, 0.1) is 11.8 Å². The number of carbonyl (C=O) groups excluding carboxylic acids is 2. The van der Waals surface area contributed by atoms with Gasteiger partial charge in [0.15, 0.2) is 0 Å². The Hall–Kier alpha value is -2.08. The van der Waals surface area contributed by atoms with Gasteiger partial charge in [0.2, 0.25) is 11.8 Å². The largest absolute Gasteiger partial charge is 0.372 e. The number of hydrogen-bond acceptors (Lipinski definition) is 4. The van der Waals surface area contributed by atoms with E-state index in [9.17, 15) is 9.59 Å². The third-order valence-electron chi connectivity index (χ3n) is 5.68. The van der Waals surface area contributed by atoms with E-state index in [0.29, 0.717) is 19.0 Å². The molecular formula is C22H34N4O2. The Morgan fingerprint density at radius 3 is 2.46 bits per heavy atom. The fraction of sp³-hybridized carbons (Fsp3) is 0.636. The molecule has 2 aliphatic rings. The Labute approximate surface area is 168 Å². The molecule has 2 saturated heterocycles. The van der Waals surface area contributed by atoms with E-state index in [4.69, 9.17) is 0 Å². The first-order chi connectivity index (χ1) is 13.5.